The van der Waals surface area contributed by atoms with Crippen molar-refractivity contribution in [3.05, 3.63) is 88.6 Å². The first kappa shape index (κ1) is 22.9. The van der Waals surface area contributed by atoms with Crippen molar-refractivity contribution in [3.8, 4) is 22.8 Å². The Morgan fingerprint density at radius 2 is 1.65 bits per heavy atom. The van der Waals surface area contributed by atoms with E-state index in [1.165, 1.54) is 19.2 Å². The fraction of sp³-hybridized carbons (Fsp3) is 0.120. The van der Waals surface area contributed by atoms with Crippen LogP contribution < -0.4 is 20.2 Å². The molecule has 0 fully saturated rings. The van der Waals surface area contributed by atoms with Crippen molar-refractivity contribution in [1.29, 1.82) is 0 Å². The Balaban J connectivity index is 1.66. The molecule has 34 heavy (non-hydrogen) atoms. The van der Waals surface area contributed by atoms with Gasteiger partial charge in [0.25, 0.3) is 5.91 Å². The molecule has 3 aromatic carbocycles. The number of carbonyl (C=O) groups excluding carboxylic acids is 1. The molecule has 9 heteroatoms. The summed E-state index contributed by atoms with van der Waals surface area (Å²) in [5.74, 6) is -0.444. The lowest BCUT2D eigenvalue weighted by molar-refractivity contribution is -0.137. The number of halogens is 3. The number of anilines is 1. The van der Waals surface area contributed by atoms with Crippen LogP contribution in [0.2, 0.25) is 0 Å². The van der Waals surface area contributed by atoms with Crippen molar-refractivity contribution in [1.82, 2.24) is 0 Å². The number of ether oxygens (including phenoxy) is 2. The number of fused-ring (bicyclic) bond motifs is 1. The topological polar surface area (TPSA) is 77.8 Å². The average molecular weight is 469 g/mol. The van der Waals surface area contributed by atoms with Gasteiger partial charge < -0.3 is 19.2 Å². The van der Waals surface area contributed by atoms with Gasteiger partial charge in [-0.3, -0.25) is 9.59 Å². The molecule has 0 spiro atoms. The first-order valence-corrected chi connectivity index (χ1v) is 10.1. The Kier molecular flexibility index (Phi) is 6.27. The van der Waals surface area contributed by atoms with Gasteiger partial charge in [-0.05, 0) is 48.5 Å². The normalized spacial score (nSPS) is 11.3. The molecular weight excluding hydrogens is 451 g/mol. The molecule has 0 radical (unpaired) electrons. The van der Waals surface area contributed by atoms with Gasteiger partial charge in [0, 0.05) is 5.56 Å². The molecule has 174 valence electrons. The van der Waals surface area contributed by atoms with Gasteiger partial charge in [-0.25, -0.2) is 0 Å². The minimum Gasteiger partial charge on any atom is -0.497 e. The third-order valence-electron chi connectivity index (χ3n) is 4.96. The second-order valence-electron chi connectivity index (χ2n) is 7.19. The predicted molar refractivity (Wildman–Crippen MR) is 120 cm³/mol. The number of carbonyl (C=O) groups is 1. The molecule has 0 aliphatic carbocycles. The maximum Gasteiger partial charge on any atom is 0.418 e. The monoisotopic (exact) mass is 469 g/mol. The highest BCUT2D eigenvalue weighted by Gasteiger charge is 2.33. The number of para-hydroxylation sites is 2. The Morgan fingerprint density at radius 1 is 0.971 bits per heavy atom. The second-order valence-corrected chi connectivity index (χ2v) is 7.19. The number of rotatable bonds is 6. The smallest absolute Gasteiger partial charge is 0.418 e. The van der Waals surface area contributed by atoms with Gasteiger partial charge in [0.05, 0.1) is 23.7 Å². The van der Waals surface area contributed by atoms with Gasteiger partial charge in [0.1, 0.15) is 11.3 Å². The number of alkyl halides is 3. The molecule has 0 unspecified atom stereocenters. The Bertz CT molecular complexity index is 1390. The highest BCUT2D eigenvalue weighted by Crippen LogP contribution is 2.35. The van der Waals surface area contributed by atoms with E-state index in [1.807, 2.05) is 0 Å². The largest absolute Gasteiger partial charge is 0.497 e. The van der Waals surface area contributed by atoms with E-state index in [4.69, 9.17) is 13.9 Å². The van der Waals surface area contributed by atoms with Crippen LogP contribution in [0.1, 0.15) is 5.56 Å². The van der Waals surface area contributed by atoms with Gasteiger partial charge in [0.2, 0.25) is 11.2 Å². The lowest BCUT2D eigenvalue weighted by Gasteiger charge is -2.14. The summed E-state index contributed by atoms with van der Waals surface area (Å²) in [7, 11) is 1.51. The van der Waals surface area contributed by atoms with E-state index in [2.05, 4.69) is 5.32 Å². The highest BCUT2D eigenvalue weighted by atomic mass is 19.4. The number of nitrogens with one attached hydrogen (secondary N) is 1. The van der Waals surface area contributed by atoms with Crippen LogP contribution in [0.25, 0.3) is 22.3 Å². The molecule has 1 N–H and O–H groups in total. The molecule has 1 heterocycles. The third-order valence-corrected chi connectivity index (χ3v) is 4.96. The van der Waals surface area contributed by atoms with Crippen LogP contribution in [0.5, 0.6) is 11.5 Å². The number of hydrogen-bond donors (Lipinski definition) is 1. The van der Waals surface area contributed by atoms with Crippen LogP contribution in [0.4, 0.5) is 18.9 Å². The fourth-order valence-corrected chi connectivity index (χ4v) is 3.35. The highest BCUT2D eigenvalue weighted by molar-refractivity contribution is 5.93. The summed E-state index contributed by atoms with van der Waals surface area (Å²) in [6.07, 6.45) is -4.65. The van der Waals surface area contributed by atoms with Gasteiger partial charge in [0.15, 0.2) is 12.4 Å². The minimum absolute atomic E-state index is 0.0786. The summed E-state index contributed by atoms with van der Waals surface area (Å²) < 4.78 is 56.2. The molecular formula is C25H18F3NO5. The molecule has 0 saturated carbocycles. The molecule has 6 nitrogen and oxygen atoms in total. The molecule has 4 rings (SSSR count). The van der Waals surface area contributed by atoms with Crippen molar-refractivity contribution in [2.75, 3.05) is 19.0 Å². The summed E-state index contributed by atoms with van der Waals surface area (Å²) in [4.78, 5) is 25.5. The summed E-state index contributed by atoms with van der Waals surface area (Å²) >= 11 is 0. The number of benzene rings is 3. The first-order chi connectivity index (χ1) is 16.3. The van der Waals surface area contributed by atoms with Crippen molar-refractivity contribution in [2.24, 2.45) is 0 Å². The molecule has 1 aromatic heterocycles. The number of methoxy groups -OCH3 is 1. The zero-order valence-electron chi connectivity index (χ0n) is 17.8. The Hall–Kier alpha value is -4.27. The molecule has 0 saturated heterocycles. The van der Waals surface area contributed by atoms with E-state index in [1.54, 1.807) is 48.5 Å². The second kappa shape index (κ2) is 9.30. The van der Waals surface area contributed by atoms with Crippen molar-refractivity contribution < 1.29 is 31.9 Å². The summed E-state index contributed by atoms with van der Waals surface area (Å²) in [6, 6.07) is 17.7. The lowest BCUT2D eigenvalue weighted by Crippen LogP contribution is -2.24. The summed E-state index contributed by atoms with van der Waals surface area (Å²) in [5.41, 5.74) is -1.12. The van der Waals surface area contributed by atoms with E-state index >= 15 is 0 Å². The van der Waals surface area contributed by atoms with Crippen molar-refractivity contribution in [3.63, 3.8) is 0 Å². The van der Waals surface area contributed by atoms with Crippen LogP contribution in [0.15, 0.2) is 82.0 Å². The number of amides is 1. The zero-order valence-corrected chi connectivity index (χ0v) is 17.8. The van der Waals surface area contributed by atoms with E-state index < -0.39 is 35.4 Å². The standard InChI is InChI=1S/C25H18F3NO5/c1-32-16-12-10-15(11-13-16)23-24(22(31)17-6-2-5-9-20(17)34-23)33-14-21(30)29-19-8-4-3-7-18(19)25(26,27)28/h2-13H,14H2,1H3,(H,29,30). The quantitative estimate of drug-likeness (QED) is 0.403. The molecule has 0 aliphatic rings. The van der Waals surface area contributed by atoms with E-state index in [-0.39, 0.29) is 16.9 Å². The summed E-state index contributed by atoms with van der Waals surface area (Å²) in [6.45, 7) is -0.710. The maximum atomic E-state index is 13.2. The van der Waals surface area contributed by atoms with Crippen LogP contribution in [-0.4, -0.2) is 19.6 Å². The Morgan fingerprint density at radius 3 is 2.35 bits per heavy atom. The van der Waals surface area contributed by atoms with E-state index in [0.717, 1.165) is 12.1 Å². The predicted octanol–water partition coefficient (Wildman–Crippen LogP) is 5.50. The van der Waals surface area contributed by atoms with E-state index in [9.17, 15) is 22.8 Å². The van der Waals surface area contributed by atoms with Gasteiger partial charge >= 0.3 is 6.18 Å². The summed E-state index contributed by atoms with van der Waals surface area (Å²) in [5, 5.41) is 2.42. The molecule has 0 bridgehead atoms. The lowest BCUT2D eigenvalue weighted by atomic mass is 10.1. The van der Waals surface area contributed by atoms with Crippen LogP contribution in [0, 0.1) is 0 Å². The Labute approximate surface area is 191 Å². The van der Waals surface area contributed by atoms with Crippen LogP contribution >= 0.6 is 0 Å². The number of hydrogen-bond acceptors (Lipinski definition) is 5. The molecule has 4 aromatic rings. The van der Waals surface area contributed by atoms with E-state index in [0.29, 0.717) is 16.9 Å². The maximum absolute atomic E-state index is 13.2. The van der Waals surface area contributed by atoms with Crippen molar-refractivity contribution in [2.45, 2.75) is 6.18 Å². The SMILES string of the molecule is COc1ccc(-c2oc3ccccc3c(=O)c2OCC(=O)Nc2ccccc2C(F)(F)F)cc1. The van der Waals surface area contributed by atoms with Gasteiger partial charge in [-0.1, -0.05) is 24.3 Å². The third kappa shape index (κ3) is 4.73. The first-order valence-electron chi connectivity index (χ1n) is 10.1. The minimum atomic E-state index is -4.65. The zero-order chi connectivity index (χ0) is 24.3. The van der Waals surface area contributed by atoms with Crippen molar-refractivity contribution >= 4 is 22.6 Å². The average Bonchev–Trinajstić information content (AvgIpc) is 2.83. The van der Waals surface area contributed by atoms with Gasteiger partial charge in [-0.2, -0.15) is 13.2 Å². The van der Waals surface area contributed by atoms with Crippen LogP contribution in [-0.2, 0) is 11.0 Å². The van der Waals surface area contributed by atoms with Gasteiger partial charge in [-0.15, -0.1) is 0 Å². The van der Waals surface area contributed by atoms with Crippen LogP contribution in [0.3, 0.4) is 0 Å². The molecule has 0 atom stereocenters. The molecule has 1 amide bonds. The fourth-order valence-electron chi connectivity index (χ4n) is 3.35. The molecule has 0 aliphatic heterocycles.